The first-order valence-electron chi connectivity index (χ1n) is 9.12. The van der Waals surface area contributed by atoms with Gasteiger partial charge in [0.25, 0.3) is 5.91 Å². The zero-order valence-corrected chi connectivity index (χ0v) is 17.4. The lowest BCUT2D eigenvalue weighted by atomic mass is 9.74. The van der Waals surface area contributed by atoms with Crippen molar-refractivity contribution in [3.05, 3.63) is 64.4 Å². The predicted molar refractivity (Wildman–Crippen MR) is 108 cm³/mol. The molecule has 0 spiro atoms. The Labute approximate surface area is 174 Å². The third kappa shape index (κ3) is 4.78. The van der Waals surface area contributed by atoms with Crippen molar-refractivity contribution in [1.29, 1.82) is 0 Å². The molecule has 2 aromatic carbocycles. The van der Waals surface area contributed by atoms with Gasteiger partial charge in [0, 0.05) is 30.2 Å². The lowest BCUT2D eigenvalue weighted by molar-refractivity contribution is 0.0487. The quantitative estimate of drug-likeness (QED) is 0.723. The van der Waals surface area contributed by atoms with Gasteiger partial charge in [-0.05, 0) is 55.8 Å². The largest absolute Gasteiger partial charge is 0.381 e. The Morgan fingerprint density at radius 1 is 1.17 bits per heavy atom. The fraction of sp³-hybridized carbons (Fsp3) is 0.350. The molecule has 0 aliphatic carbocycles. The monoisotopic (exact) mass is 440 g/mol. The smallest absolute Gasteiger partial charge is 0.254 e. The second kappa shape index (κ2) is 8.79. The van der Waals surface area contributed by atoms with E-state index in [4.69, 9.17) is 16.3 Å². The van der Waals surface area contributed by atoms with Crippen LogP contribution in [0.15, 0.2) is 47.4 Å². The zero-order chi connectivity index (χ0) is 21.1. The first kappa shape index (κ1) is 21.7. The average Bonchev–Trinajstić information content (AvgIpc) is 2.73. The van der Waals surface area contributed by atoms with Crippen LogP contribution in [0.3, 0.4) is 0 Å². The molecule has 29 heavy (non-hydrogen) atoms. The summed E-state index contributed by atoms with van der Waals surface area (Å²) >= 11 is 5.99. The summed E-state index contributed by atoms with van der Waals surface area (Å²) in [6.07, 6.45) is 1.37. The van der Waals surface area contributed by atoms with Crippen molar-refractivity contribution in [3.8, 4) is 0 Å². The molecular weight excluding hydrogens is 419 g/mol. The number of benzene rings is 2. The number of ether oxygens (including phenoxy) is 1. The van der Waals surface area contributed by atoms with Crippen LogP contribution in [0.2, 0.25) is 5.02 Å². The standard InChI is InChI=1S/C20H22ClFN2O4S/c1-23-29(26,27)16-6-7-18(22)17(12-16)19(25)24-13-20(8-10-28-11-9-20)14-2-4-15(21)5-3-14/h2-7,12,23H,8-11,13H2,1H3,(H,24,25). The van der Waals surface area contributed by atoms with E-state index in [1.165, 1.54) is 7.05 Å². The number of amides is 1. The fourth-order valence-corrected chi connectivity index (χ4v) is 4.32. The highest BCUT2D eigenvalue weighted by Crippen LogP contribution is 2.35. The van der Waals surface area contributed by atoms with Gasteiger partial charge >= 0.3 is 0 Å². The minimum atomic E-state index is -3.79. The molecule has 1 aliphatic rings. The van der Waals surface area contributed by atoms with Crippen LogP contribution < -0.4 is 10.0 Å². The van der Waals surface area contributed by atoms with E-state index in [1.807, 2.05) is 12.1 Å². The Morgan fingerprint density at radius 2 is 1.83 bits per heavy atom. The Balaban J connectivity index is 1.84. The van der Waals surface area contributed by atoms with Gasteiger partial charge in [-0.15, -0.1) is 0 Å². The molecule has 9 heteroatoms. The molecule has 156 valence electrons. The molecule has 0 saturated carbocycles. The molecule has 2 aromatic rings. The molecule has 0 atom stereocenters. The van der Waals surface area contributed by atoms with E-state index in [1.54, 1.807) is 12.1 Å². The van der Waals surface area contributed by atoms with Crippen molar-refractivity contribution in [2.75, 3.05) is 26.8 Å². The summed E-state index contributed by atoms with van der Waals surface area (Å²) in [7, 11) is -2.54. The van der Waals surface area contributed by atoms with E-state index >= 15 is 0 Å². The van der Waals surface area contributed by atoms with Gasteiger partial charge in [0.2, 0.25) is 10.0 Å². The van der Waals surface area contributed by atoms with E-state index in [2.05, 4.69) is 10.0 Å². The third-order valence-corrected chi connectivity index (χ3v) is 6.92. The Kier molecular flexibility index (Phi) is 6.58. The number of halogens is 2. The Morgan fingerprint density at radius 3 is 2.45 bits per heavy atom. The molecule has 3 rings (SSSR count). The average molecular weight is 441 g/mol. The van der Waals surface area contributed by atoms with Gasteiger partial charge in [0.15, 0.2) is 0 Å². The van der Waals surface area contributed by atoms with Gasteiger partial charge in [-0.25, -0.2) is 17.5 Å². The fourth-order valence-electron chi connectivity index (χ4n) is 3.44. The second-order valence-electron chi connectivity index (χ2n) is 6.93. The summed E-state index contributed by atoms with van der Waals surface area (Å²) in [6, 6.07) is 10.5. The molecule has 0 radical (unpaired) electrons. The topological polar surface area (TPSA) is 84.5 Å². The van der Waals surface area contributed by atoms with Crippen molar-refractivity contribution in [2.24, 2.45) is 0 Å². The van der Waals surface area contributed by atoms with Crippen LogP contribution in [0.1, 0.15) is 28.8 Å². The van der Waals surface area contributed by atoms with Crippen LogP contribution in [0, 0.1) is 5.82 Å². The van der Waals surface area contributed by atoms with Gasteiger partial charge in [0.05, 0.1) is 10.5 Å². The molecule has 0 unspecified atom stereocenters. The maximum absolute atomic E-state index is 14.2. The number of nitrogens with one attached hydrogen (secondary N) is 2. The highest BCUT2D eigenvalue weighted by Gasteiger charge is 2.35. The summed E-state index contributed by atoms with van der Waals surface area (Å²) in [5.41, 5.74) is 0.320. The van der Waals surface area contributed by atoms with Gasteiger partial charge in [-0.2, -0.15) is 0 Å². The lowest BCUT2D eigenvalue weighted by Crippen LogP contribution is -2.44. The SMILES string of the molecule is CNS(=O)(=O)c1ccc(F)c(C(=O)NCC2(c3ccc(Cl)cc3)CCOCC2)c1. The maximum Gasteiger partial charge on any atom is 0.254 e. The summed E-state index contributed by atoms with van der Waals surface area (Å²) in [5.74, 6) is -1.46. The summed E-state index contributed by atoms with van der Waals surface area (Å²) < 4.78 is 45.8. The summed E-state index contributed by atoms with van der Waals surface area (Å²) in [6.45, 7) is 1.35. The first-order chi connectivity index (χ1) is 13.8. The van der Waals surface area contributed by atoms with E-state index in [0.29, 0.717) is 31.1 Å². The van der Waals surface area contributed by atoms with E-state index in [9.17, 15) is 17.6 Å². The van der Waals surface area contributed by atoms with Gasteiger partial charge in [0.1, 0.15) is 5.82 Å². The molecular formula is C20H22ClFN2O4S. The van der Waals surface area contributed by atoms with Gasteiger partial charge in [-0.1, -0.05) is 23.7 Å². The van der Waals surface area contributed by atoms with Crippen molar-refractivity contribution < 1.29 is 22.3 Å². The van der Waals surface area contributed by atoms with E-state index in [0.717, 1.165) is 23.8 Å². The number of rotatable bonds is 6. The molecule has 1 amide bonds. The normalized spacial score (nSPS) is 16.4. The van der Waals surface area contributed by atoms with Crippen molar-refractivity contribution in [1.82, 2.24) is 10.0 Å². The zero-order valence-electron chi connectivity index (χ0n) is 15.9. The van der Waals surface area contributed by atoms with Gasteiger partial charge < -0.3 is 10.1 Å². The number of sulfonamides is 1. The molecule has 2 N–H and O–H groups in total. The van der Waals surface area contributed by atoms with Crippen molar-refractivity contribution >= 4 is 27.5 Å². The Bertz CT molecular complexity index is 990. The molecule has 0 bridgehead atoms. The maximum atomic E-state index is 14.2. The minimum absolute atomic E-state index is 0.176. The predicted octanol–water partition coefficient (Wildman–Crippen LogP) is 2.87. The first-order valence-corrected chi connectivity index (χ1v) is 11.0. The highest BCUT2D eigenvalue weighted by molar-refractivity contribution is 7.89. The van der Waals surface area contributed by atoms with Crippen molar-refractivity contribution in [2.45, 2.75) is 23.2 Å². The highest BCUT2D eigenvalue weighted by atomic mass is 35.5. The van der Waals surface area contributed by atoms with E-state index < -0.39 is 21.7 Å². The third-order valence-electron chi connectivity index (χ3n) is 5.26. The molecule has 6 nitrogen and oxygen atoms in total. The van der Waals surface area contributed by atoms with Crippen molar-refractivity contribution in [3.63, 3.8) is 0 Å². The molecule has 1 heterocycles. The number of carbonyl (C=O) groups is 1. The van der Waals surface area contributed by atoms with Gasteiger partial charge in [-0.3, -0.25) is 4.79 Å². The van der Waals surface area contributed by atoms with Crippen LogP contribution in [0.4, 0.5) is 4.39 Å². The molecule has 1 saturated heterocycles. The van der Waals surface area contributed by atoms with Crippen LogP contribution >= 0.6 is 11.6 Å². The lowest BCUT2D eigenvalue weighted by Gasteiger charge is -2.38. The van der Waals surface area contributed by atoms with Crippen LogP contribution in [0.25, 0.3) is 0 Å². The summed E-state index contributed by atoms with van der Waals surface area (Å²) in [4.78, 5) is 12.5. The van der Waals surface area contributed by atoms with Crippen LogP contribution in [-0.4, -0.2) is 41.1 Å². The molecule has 1 aliphatic heterocycles. The second-order valence-corrected chi connectivity index (χ2v) is 9.25. The molecule has 0 aromatic heterocycles. The van der Waals surface area contributed by atoms with E-state index in [-0.39, 0.29) is 22.4 Å². The number of hydrogen-bond acceptors (Lipinski definition) is 4. The number of hydrogen-bond donors (Lipinski definition) is 2. The number of carbonyl (C=O) groups excluding carboxylic acids is 1. The van der Waals surface area contributed by atoms with Crippen LogP contribution in [-0.2, 0) is 20.2 Å². The Hall–Kier alpha value is -2.00. The summed E-state index contributed by atoms with van der Waals surface area (Å²) in [5, 5.41) is 3.39. The minimum Gasteiger partial charge on any atom is -0.381 e. The van der Waals surface area contributed by atoms with Crippen LogP contribution in [0.5, 0.6) is 0 Å². The molecule has 1 fully saturated rings.